The topological polar surface area (TPSA) is 86.7 Å². The van der Waals surface area contributed by atoms with Gasteiger partial charge in [0.05, 0.1) is 18.2 Å². The van der Waals surface area contributed by atoms with E-state index in [4.69, 9.17) is 24.7 Å². The van der Waals surface area contributed by atoms with Crippen molar-refractivity contribution in [3.8, 4) is 6.07 Å². The summed E-state index contributed by atoms with van der Waals surface area (Å²) in [5.41, 5.74) is 6.02. The number of ether oxygens (including phenoxy) is 4. The molecular formula is C20H36N2O4. The number of nitriles is 1. The Balaban J connectivity index is 2.85. The van der Waals surface area contributed by atoms with Crippen LogP contribution in [0.15, 0.2) is 11.8 Å². The second-order valence-corrected chi connectivity index (χ2v) is 6.64. The lowest BCUT2D eigenvalue weighted by molar-refractivity contribution is -0.0795. The molecule has 0 aromatic carbocycles. The fourth-order valence-electron chi connectivity index (χ4n) is 2.86. The molecule has 2 N–H and O–H groups in total. The number of hydrogen-bond acceptors (Lipinski definition) is 6. The smallest absolute Gasteiger partial charge is 0.123 e. The van der Waals surface area contributed by atoms with Crippen LogP contribution in [0.2, 0.25) is 0 Å². The van der Waals surface area contributed by atoms with Gasteiger partial charge in [0.15, 0.2) is 0 Å². The zero-order chi connectivity index (χ0) is 19.2. The first-order valence-corrected chi connectivity index (χ1v) is 10.0. The van der Waals surface area contributed by atoms with Crippen LogP contribution in [-0.2, 0) is 18.9 Å². The van der Waals surface area contributed by atoms with Gasteiger partial charge in [-0.1, -0.05) is 40.0 Å². The van der Waals surface area contributed by atoms with E-state index < -0.39 is 6.10 Å². The van der Waals surface area contributed by atoms with Crippen LogP contribution in [0.4, 0.5) is 0 Å². The highest BCUT2D eigenvalue weighted by Crippen LogP contribution is 2.31. The standard InChI is InChI=1S/C20H36N2O4/c1-4-7-10-23-15-17-19(24-11-8-5-2)20(25-12-9-6-3)18(26-17)16(13-21)14-22/h13,17-20H,4-12,15,21H2,1-3H3/b16-13+/t17-,18?,19-,20+/m1/s1. The average molecular weight is 369 g/mol. The summed E-state index contributed by atoms with van der Waals surface area (Å²) >= 11 is 0. The molecule has 0 spiro atoms. The van der Waals surface area contributed by atoms with Gasteiger partial charge in [-0.15, -0.1) is 0 Å². The molecule has 0 amide bonds. The molecule has 0 aliphatic carbocycles. The predicted octanol–water partition coefficient (Wildman–Crippen LogP) is 3.31. The van der Waals surface area contributed by atoms with Gasteiger partial charge in [-0.2, -0.15) is 5.26 Å². The Bertz CT molecular complexity index is 436. The molecule has 6 heteroatoms. The minimum atomic E-state index is -0.506. The monoisotopic (exact) mass is 368 g/mol. The second kappa shape index (κ2) is 14.0. The highest BCUT2D eigenvalue weighted by Gasteiger charge is 2.47. The van der Waals surface area contributed by atoms with Gasteiger partial charge >= 0.3 is 0 Å². The molecular weight excluding hydrogens is 332 g/mol. The van der Waals surface area contributed by atoms with Gasteiger partial charge in [-0.25, -0.2) is 0 Å². The van der Waals surface area contributed by atoms with Crippen molar-refractivity contribution in [1.82, 2.24) is 0 Å². The summed E-state index contributed by atoms with van der Waals surface area (Å²) in [7, 11) is 0. The number of rotatable bonds is 14. The van der Waals surface area contributed by atoms with E-state index >= 15 is 0 Å². The summed E-state index contributed by atoms with van der Waals surface area (Å²) in [6, 6.07) is 2.13. The molecule has 0 saturated carbocycles. The first-order valence-electron chi connectivity index (χ1n) is 10.0. The average Bonchev–Trinajstić information content (AvgIpc) is 2.98. The molecule has 1 unspecified atom stereocenters. The van der Waals surface area contributed by atoms with Crippen LogP contribution in [0.25, 0.3) is 0 Å². The Morgan fingerprint density at radius 3 is 2.12 bits per heavy atom. The van der Waals surface area contributed by atoms with Gasteiger partial charge in [-0.3, -0.25) is 0 Å². The maximum atomic E-state index is 9.40. The van der Waals surface area contributed by atoms with Gasteiger partial charge in [0, 0.05) is 26.0 Å². The summed E-state index contributed by atoms with van der Waals surface area (Å²) in [6.45, 7) is 8.76. The van der Waals surface area contributed by atoms with Crippen LogP contribution in [-0.4, -0.2) is 50.8 Å². The maximum absolute atomic E-state index is 9.40. The van der Waals surface area contributed by atoms with E-state index in [-0.39, 0.29) is 18.3 Å². The van der Waals surface area contributed by atoms with E-state index in [0.717, 1.165) is 38.5 Å². The van der Waals surface area contributed by atoms with Crippen molar-refractivity contribution in [2.45, 2.75) is 83.7 Å². The van der Waals surface area contributed by atoms with Crippen LogP contribution in [0.1, 0.15) is 59.3 Å². The zero-order valence-electron chi connectivity index (χ0n) is 16.6. The third-order valence-corrected chi connectivity index (χ3v) is 4.47. The molecule has 1 rings (SSSR count). The lowest BCUT2D eigenvalue weighted by atomic mass is 10.0. The molecule has 0 aromatic rings. The Hall–Kier alpha value is -1.13. The van der Waals surface area contributed by atoms with Gasteiger partial charge in [0.2, 0.25) is 0 Å². The van der Waals surface area contributed by atoms with Crippen molar-refractivity contribution in [1.29, 1.82) is 5.26 Å². The van der Waals surface area contributed by atoms with E-state index in [1.807, 2.05) is 0 Å². The highest BCUT2D eigenvalue weighted by atomic mass is 16.6. The van der Waals surface area contributed by atoms with Gasteiger partial charge < -0.3 is 24.7 Å². The molecule has 26 heavy (non-hydrogen) atoms. The lowest BCUT2D eigenvalue weighted by Crippen LogP contribution is -2.40. The molecule has 1 saturated heterocycles. The molecule has 1 heterocycles. The van der Waals surface area contributed by atoms with Crippen molar-refractivity contribution in [2.75, 3.05) is 26.4 Å². The molecule has 0 radical (unpaired) electrons. The van der Waals surface area contributed by atoms with Gasteiger partial charge in [0.25, 0.3) is 0 Å². The van der Waals surface area contributed by atoms with Crippen molar-refractivity contribution in [3.05, 3.63) is 11.8 Å². The maximum Gasteiger partial charge on any atom is 0.123 e. The summed E-state index contributed by atoms with van der Waals surface area (Å²) in [4.78, 5) is 0. The minimum absolute atomic E-state index is 0.256. The normalized spacial score (nSPS) is 26.2. The number of hydrogen-bond donors (Lipinski definition) is 1. The second-order valence-electron chi connectivity index (χ2n) is 6.64. The van der Waals surface area contributed by atoms with Gasteiger partial charge in [-0.05, 0) is 19.3 Å². The van der Waals surface area contributed by atoms with E-state index in [0.29, 0.717) is 32.0 Å². The van der Waals surface area contributed by atoms with Crippen LogP contribution >= 0.6 is 0 Å². The van der Waals surface area contributed by atoms with Crippen LogP contribution in [0.5, 0.6) is 0 Å². The van der Waals surface area contributed by atoms with Gasteiger partial charge in [0.1, 0.15) is 24.4 Å². The van der Waals surface area contributed by atoms with Crippen LogP contribution in [0.3, 0.4) is 0 Å². The number of nitrogens with two attached hydrogens (primary N) is 1. The lowest BCUT2D eigenvalue weighted by Gasteiger charge is -2.25. The van der Waals surface area contributed by atoms with Crippen molar-refractivity contribution in [3.63, 3.8) is 0 Å². The Morgan fingerprint density at radius 2 is 1.58 bits per heavy atom. The summed E-state index contributed by atoms with van der Waals surface area (Å²) in [5.74, 6) is 0. The first-order chi connectivity index (χ1) is 12.7. The molecule has 6 nitrogen and oxygen atoms in total. The SMILES string of the molecule is CCCCOC[C@H]1OC(/C(C#N)=C/N)[C@H](OCCCC)[C@@H]1OCCCC. The van der Waals surface area contributed by atoms with E-state index in [2.05, 4.69) is 26.8 Å². The Morgan fingerprint density at radius 1 is 1.00 bits per heavy atom. The van der Waals surface area contributed by atoms with E-state index in [1.165, 1.54) is 6.20 Å². The first kappa shape index (κ1) is 22.9. The predicted molar refractivity (Wildman–Crippen MR) is 102 cm³/mol. The Labute approximate surface area is 158 Å². The molecule has 150 valence electrons. The largest absolute Gasteiger partial charge is 0.404 e. The summed E-state index contributed by atoms with van der Waals surface area (Å²) in [6.07, 6.45) is 6.08. The zero-order valence-corrected chi connectivity index (χ0v) is 16.6. The van der Waals surface area contributed by atoms with E-state index in [1.54, 1.807) is 0 Å². The quantitative estimate of drug-likeness (QED) is 0.374. The molecule has 4 atom stereocenters. The highest BCUT2D eigenvalue weighted by molar-refractivity contribution is 5.28. The van der Waals surface area contributed by atoms with E-state index in [9.17, 15) is 5.26 Å². The fourth-order valence-corrected chi connectivity index (χ4v) is 2.86. The molecule has 1 fully saturated rings. The number of unbranched alkanes of at least 4 members (excludes halogenated alkanes) is 3. The summed E-state index contributed by atoms with van der Waals surface area (Å²) in [5, 5.41) is 9.40. The molecule has 0 aromatic heterocycles. The van der Waals surface area contributed by atoms with Crippen LogP contribution < -0.4 is 5.73 Å². The molecule has 1 aliphatic heterocycles. The third-order valence-electron chi connectivity index (χ3n) is 4.47. The van der Waals surface area contributed by atoms with Crippen molar-refractivity contribution < 1.29 is 18.9 Å². The van der Waals surface area contributed by atoms with Crippen molar-refractivity contribution in [2.24, 2.45) is 5.73 Å². The minimum Gasteiger partial charge on any atom is -0.404 e. The Kier molecular flexibility index (Phi) is 12.3. The summed E-state index contributed by atoms with van der Waals surface area (Å²) < 4.78 is 24.1. The van der Waals surface area contributed by atoms with Crippen molar-refractivity contribution >= 4 is 0 Å². The number of nitrogens with zero attached hydrogens (tertiary/aromatic N) is 1. The third kappa shape index (κ3) is 7.24. The molecule has 0 bridgehead atoms. The molecule has 1 aliphatic rings. The van der Waals surface area contributed by atoms with Crippen LogP contribution in [0, 0.1) is 11.3 Å². The fraction of sp³-hybridized carbons (Fsp3) is 0.850.